The van der Waals surface area contributed by atoms with E-state index >= 15 is 0 Å². The largest absolute Gasteiger partial charge is 0.493 e. The topological polar surface area (TPSA) is 53.7 Å². The van der Waals surface area contributed by atoms with E-state index in [0.717, 1.165) is 29.7 Å². The summed E-state index contributed by atoms with van der Waals surface area (Å²) in [7, 11) is 4.87. The van der Waals surface area contributed by atoms with Crippen molar-refractivity contribution in [2.24, 2.45) is 5.73 Å². The molecule has 0 fully saturated rings. The van der Waals surface area contributed by atoms with Crippen LogP contribution in [-0.2, 0) is 6.42 Å². The van der Waals surface area contributed by atoms with Crippen LogP contribution in [0, 0.1) is 0 Å². The third kappa shape index (κ3) is 1.50. The number of benzene rings is 1. The van der Waals surface area contributed by atoms with Crippen LogP contribution in [0.1, 0.15) is 23.6 Å². The number of ether oxygens (including phenoxy) is 3. The van der Waals surface area contributed by atoms with Crippen molar-refractivity contribution in [2.75, 3.05) is 21.3 Å². The molecule has 0 heterocycles. The molecule has 1 aliphatic carbocycles. The molecule has 0 saturated carbocycles. The van der Waals surface area contributed by atoms with Gasteiger partial charge in [0.2, 0.25) is 5.75 Å². The van der Waals surface area contributed by atoms with Gasteiger partial charge in [-0.15, -0.1) is 0 Å². The van der Waals surface area contributed by atoms with E-state index in [9.17, 15) is 0 Å². The zero-order chi connectivity index (χ0) is 11.7. The fourth-order valence-electron chi connectivity index (χ4n) is 2.28. The van der Waals surface area contributed by atoms with E-state index in [1.807, 2.05) is 6.07 Å². The Morgan fingerprint density at radius 2 is 1.81 bits per heavy atom. The van der Waals surface area contributed by atoms with Gasteiger partial charge in [-0.1, -0.05) is 0 Å². The van der Waals surface area contributed by atoms with Gasteiger partial charge in [-0.25, -0.2) is 0 Å². The molecule has 0 spiro atoms. The SMILES string of the molecule is COc1cc2c(c(OC)c1OC)CCC2N. The van der Waals surface area contributed by atoms with E-state index in [4.69, 9.17) is 19.9 Å². The first kappa shape index (κ1) is 11.1. The van der Waals surface area contributed by atoms with Crippen molar-refractivity contribution in [1.29, 1.82) is 0 Å². The van der Waals surface area contributed by atoms with Crippen LogP contribution in [0.3, 0.4) is 0 Å². The van der Waals surface area contributed by atoms with Crippen molar-refractivity contribution in [3.63, 3.8) is 0 Å². The minimum atomic E-state index is 0.0729. The van der Waals surface area contributed by atoms with Gasteiger partial charge in [0.05, 0.1) is 21.3 Å². The molecule has 1 atom stereocenters. The van der Waals surface area contributed by atoms with Crippen LogP contribution >= 0.6 is 0 Å². The number of nitrogens with two attached hydrogens (primary N) is 1. The Labute approximate surface area is 95.3 Å². The molecule has 0 aliphatic heterocycles. The number of methoxy groups -OCH3 is 3. The molecule has 1 unspecified atom stereocenters. The van der Waals surface area contributed by atoms with Gasteiger partial charge in [0.1, 0.15) is 0 Å². The predicted molar refractivity (Wildman–Crippen MR) is 61.3 cm³/mol. The first-order valence-corrected chi connectivity index (χ1v) is 5.30. The third-order valence-corrected chi connectivity index (χ3v) is 3.07. The molecule has 0 radical (unpaired) electrons. The van der Waals surface area contributed by atoms with Crippen molar-refractivity contribution < 1.29 is 14.2 Å². The fourth-order valence-corrected chi connectivity index (χ4v) is 2.28. The molecule has 4 heteroatoms. The van der Waals surface area contributed by atoms with Crippen molar-refractivity contribution in [2.45, 2.75) is 18.9 Å². The van der Waals surface area contributed by atoms with Gasteiger partial charge in [0, 0.05) is 11.6 Å². The van der Waals surface area contributed by atoms with Gasteiger partial charge in [-0.3, -0.25) is 0 Å². The van der Waals surface area contributed by atoms with Crippen LogP contribution in [0.2, 0.25) is 0 Å². The zero-order valence-corrected chi connectivity index (χ0v) is 9.87. The average Bonchev–Trinajstić information content (AvgIpc) is 2.68. The van der Waals surface area contributed by atoms with E-state index in [1.54, 1.807) is 21.3 Å². The quantitative estimate of drug-likeness (QED) is 0.846. The lowest BCUT2D eigenvalue weighted by Gasteiger charge is -2.16. The normalized spacial score (nSPS) is 18.1. The molecule has 0 aromatic heterocycles. The van der Waals surface area contributed by atoms with Crippen molar-refractivity contribution in [1.82, 2.24) is 0 Å². The Bertz CT molecular complexity index is 400. The van der Waals surface area contributed by atoms with E-state index in [-0.39, 0.29) is 6.04 Å². The summed E-state index contributed by atoms with van der Waals surface area (Å²) >= 11 is 0. The second-order valence-electron chi connectivity index (χ2n) is 3.86. The Hall–Kier alpha value is -1.42. The summed E-state index contributed by atoms with van der Waals surface area (Å²) < 4.78 is 16.0. The number of hydrogen-bond acceptors (Lipinski definition) is 4. The number of fused-ring (bicyclic) bond motifs is 1. The fraction of sp³-hybridized carbons (Fsp3) is 0.500. The van der Waals surface area contributed by atoms with E-state index in [1.165, 1.54) is 0 Å². The second-order valence-corrected chi connectivity index (χ2v) is 3.86. The van der Waals surface area contributed by atoms with Crippen LogP contribution in [0.4, 0.5) is 0 Å². The summed E-state index contributed by atoms with van der Waals surface area (Å²) in [5, 5.41) is 0. The van der Waals surface area contributed by atoms with Crippen LogP contribution in [-0.4, -0.2) is 21.3 Å². The molecule has 88 valence electrons. The van der Waals surface area contributed by atoms with Crippen LogP contribution in [0.25, 0.3) is 0 Å². The van der Waals surface area contributed by atoms with E-state index < -0.39 is 0 Å². The molecule has 2 N–H and O–H groups in total. The smallest absolute Gasteiger partial charge is 0.203 e. The molecule has 0 amide bonds. The lowest BCUT2D eigenvalue weighted by molar-refractivity contribution is 0.322. The van der Waals surface area contributed by atoms with Crippen LogP contribution < -0.4 is 19.9 Å². The summed E-state index contributed by atoms with van der Waals surface area (Å²) in [5.74, 6) is 2.08. The highest BCUT2D eigenvalue weighted by atomic mass is 16.5. The average molecular weight is 223 g/mol. The molecule has 1 aromatic carbocycles. The summed E-state index contributed by atoms with van der Waals surface area (Å²) in [6.45, 7) is 0. The highest BCUT2D eigenvalue weighted by Gasteiger charge is 2.27. The molecule has 16 heavy (non-hydrogen) atoms. The lowest BCUT2D eigenvalue weighted by atomic mass is 10.1. The van der Waals surface area contributed by atoms with Crippen molar-refractivity contribution >= 4 is 0 Å². The maximum absolute atomic E-state index is 6.03. The van der Waals surface area contributed by atoms with Gasteiger partial charge < -0.3 is 19.9 Å². The molecule has 0 bridgehead atoms. The second kappa shape index (κ2) is 4.22. The molecule has 0 saturated heterocycles. The molecule has 4 nitrogen and oxygen atoms in total. The van der Waals surface area contributed by atoms with Gasteiger partial charge in [-0.05, 0) is 24.5 Å². The Morgan fingerprint density at radius 3 is 2.38 bits per heavy atom. The zero-order valence-electron chi connectivity index (χ0n) is 9.87. The van der Waals surface area contributed by atoms with Gasteiger partial charge >= 0.3 is 0 Å². The molecular weight excluding hydrogens is 206 g/mol. The third-order valence-electron chi connectivity index (χ3n) is 3.07. The maximum Gasteiger partial charge on any atom is 0.203 e. The van der Waals surface area contributed by atoms with Crippen molar-refractivity contribution in [3.8, 4) is 17.2 Å². The molecular formula is C12H17NO3. The van der Waals surface area contributed by atoms with Crippen molar-refractivity contribution in [3.05, 3.63) is 17.2 Å². The maximum atomic E-state index is 6.03. The standard InChI is InChI=1S/C12H17NO3/c1-14-10-6-8-7(4-5-9(8)13)11(15-2)12(10)16-3/h6,9H,4-5,13H2,1-3H3. The first-order valence-electron chi connectivity index (χ1n) is 5.30. The highest BCUT2D eigenvalue weighted by molar-refractivity contribution is 5.61. The Morgan fingerprint density at radius 1 is 1.12 bits per heavy atom. The Kier molecular flexibility index (Phi) is 2.92. The monoisotopic (exact) mass is 223 g/mol. The highest BCUT2D eigenvalue weighted by Crippen LogP contribution is 2.47. The molecule has 2 rings (SSSR count). The summed E-state index contributed by atoms with van der Waals surface area (Å²) in [5.41, 5.74) is 8.29. The van der Waals surface area contributed by atoms with Gasteiger partial charge in [0.25, 0.3) is 0 Å². The minimum absolute atomic E-state index is 0.0729. The molecule has 1 aliphatic rings. The Balaban J connectivity index is 2.64. The van der Waals surface area contributed by atoms with Gasteiger partial charge in [-0.2, -0.15) is 0 Å². The first-order chi connectivity index (χ1) is 7.72. The summed E-state index contributed by atoms with van der Waals surface area (Å²) in [4.78, 5) is 0. The summed E-state index contributed by atoms with van der Waals surface area (Å²) in [6.07, 6.45) is 1.88. The number of hydrogen-bond donors (Lipinski definition) is 1. The number of rotatable bonds is 3. The molecule has 1 aromatic rings. The van der Waals surface area contributed by atoms with Crippen LogP contribution in [0.5, 0.6) is 17.2 Å². The lowest BCUT2D eigenvalue weighted by Crippen LogP contribution is -2.06. The van der Waals surface area contributed by atoms with E-state index in [0.29, 0.717) is 11.5 Å². The van der Waals surface area contributed by atoms with E-state index in [2.05, 4.69) is 0 Å². The summed E-state index contributed by atoms with van der Waals surface area (Å²) in [6, 6.07) is 2.03. The minimum Gasteiger partial charge on any atom is -0.493 e. The predicted octanol–water partition coefficient (Wildman–Crippen LogP) is 1.66. The van der Waals surface area contributed by atoms with Gasteiger partial charge in [0.15, 0.2) is 11.5 Å². The van der Waals surface area contributed by atoms with Crippen LogP contribution in [0.15, 0.2) is 6.07 Å².